The summed E-state index contributed by atoms with van der Waals surface area (Å²) in [5.74, 6) is 0. The molecule has 62 valence electrons. The molecule has 0 aromatic carbocycles. The molecule has 0 aliphatic heterocycles. The van der Waals surface area contributed by atoms with E-state index in [9.17, 15) is 0 Å². The van der Waals surface area contributed by atoms with Crippen molar-refractivity contribution in [2.24, 2.45) is 0 Å². The summed E-state index contributed by atoms with van der Waals surface area (Å²) < 4.78 is 1.99. The Balaban J connectivity index is 0.000001000. The molecule has 1 unspecified atom stereocenters. The zero-order valence-corrected chi connectivity index (χ0v) is 7.89. The third kappa shape index (κ3) is 3.08. The van der Waals surface area contributed by atoms with Gasteiger partial charge in [-0.15, -0.1) is 0 Å². The maximum absolute atomic E-state index is 5.95. The van der Waals surface area contributed by atoms with E-state index in [1.54, 1.807) is 0 Å². The van der Waals surface area contributed by atoms with Crippen LogP contribution in [0.2, 0.25) is 0 Å². The lowest BCUT2D eigenvalue weighted by atomic mass is 10.4. The number of nitrogens with zero attached hydrogens (tertiary/aromatic N) is 1. The molecule has 0 bridgehead atoms. The standard InChI is InChI=1S/C8H11ClN.ClH/c1-2-8(9)10-6-4-3-5-7-10;/h3-8H,2H2,1H3;1H/q+1;/p-1. The fourth-order valence-electron chi connectivity index (χ4n) is 0.810. The molecule has 1 atom stereocenters. The Morgan fingerprint density at radius 1 is 1.27 bits per heavy atom. The van der Waals surface area contributed by atoms with Gasteiger partial charge < -0.3 is 12.4 Å². The highest BCUT2D eigenvalue weighted by atomic mass is 35.5. The van der Waals surface area contributed by atoms with Crippen LogP contribution in [-0.2, 0) is 0 Å². The average molecular weight is 192 g/mol. The third-order valence-corrected chi connectivity index (χ3v) is 1.93. The molecule has 0 N–H and O–H groups in total. The van der Waals surface area contributed by atoms with Gasteiger partial charge in [-0.3, -0.25) is 0 Å². The van der Waals surface area contributed by atoms with Gasteiger partial charge in [0.05, 0.1) is 0 Å². The summed E-state index contributed by atoms with van der Waals surface area (Å²) in [4.78, 5) is 0. The molecule has 0 fully saturated rings. The maximum atomic E-state index is 5.95. The van der Waals surface area contributed by atoms with Crippen LogP contribution < -0.4 is 17.0 Å². The van der Waals surface area contributed by atoms with Gasteiger partial charge in [0.15, 0.2) is 12.4 Å². The Hall–Kier alpha value is -0.270. The van der Waals surface area contributed by atoms with Crippen molar-refractivity contribution >= 4 is 11.6 Å². The van der Waals surface area contributed by atoms with Crippen molar-refractivity contribution in [3.05, 3.63) is 30.6 Å². The van der Waals surface area contributed by atoms with Crippen molar-refractivity contribution < 1.29 is 17.0 Å². The van der Waals surface area contributed by atoms with Crippen molar-refractivity contribution in [3.8, 4) is 0 Å². The fourth-order valence-corrected chi connectivity index (χ4v) is 0.940. The summed E-state index contributed by atoms with van der Waals surface area (Å²) in [6.45, 7) is 2.07. The van der Waals surface area contributed by atoms with Crippen LogP contribution in [-0.4, -0.2) is 0 Å². The van der Waals surface area contributed by atoms with Crippen LogP contribution in [0.4, 0.5) is 0 Å². The van der Waals surface area contributed by atoms with E-state index < -0.39 is 0 Å². The van der Waals surface area contributed by atoms with Gasteiger partial charge in [-0.25, -0.2) is 0 Å². The highest BCUT2D eigenvalue weighted by Crippen LogP contribution is 2.05. The number of aromatic nitrogens is 1. The van der Waals surface area contributed by atoms with Crippen LogP contribution in [0.1, 0.15) is 18.8 Å². The third-order valence-electron chi connectivity index (χ3n) is 1.40. The molecule has 1 rings (SSSR count). The number of rotatable bonds is 2. The molecule has 0 spiro atoms. The van der Waals surface area contributed by atoms with Gasteiger partial charge in [0.1, 0.15) is 0 Å². The molecular weight excluding hydrogens is 181 g/mol. The van der Waals surface area contributed by atoms with Gasteiger partial charge >= 0.3 is 0 Å². The largest absolute Gasteiger partial charge is 1.00 e. The van der Waals surface area contributed by atoms with Gasteiger partial charge in [0.2, 0.25) is 5.50 Å². The van der Waals surface area contributed by atoms with Gasteiger partial charge in [0.25, 0.3) is 0 Å². The maximum Gasteiger partial charge on any atom is 0.232 e. The predicted molar refractivity (Wildman–Crippen MR) is 41.8 cm³/mol. The van der Waals surface area contributed by atoms with E-state index in [-0.39, 0.29) is 17.9 Å². The minimum atomic E-state index is 0. The Kier molecular flexibility index (Phi) is 5.26. The highest BCUT2D eigenvalue weighted by molar-refractivity contribution is 6.17. The second kappa shape index (κ2) is 5.39. The van der Waals surface area contributed by atoms with Crippen molar-refractivity contribution in [1.82, 2.24) is 0 Å². The minimum absolute atomic E-state index is 0. The summed E-state index contributed by atoms with van der Waals surface area (Å²) >= 11 is 5.95. The molecule has 0 radical (unpaired) electrons. The molecule has 0 aliphatic carbocycles. The molecule has 1 heterocycles. The van der Waals surface area contributed by atoms with Gasteiger partial charge in [-0.2, -0.15) is 4.57 Å². The van der Waals surface area contributed by atoms with E-state index in [1.807, 2.05) is 35.2 Å². The molecule has 0 aliphatic rings. The lowest BCUT2D eigenvalue weighted by Gasteiger charge is -1.98. The SMILES string of the molecule is CCC(Cl)[n+]1ccccc1.[Cl-]. The van der Waals surface area contributed by atoms with Crippen molar-refractivity contribution in [1.29, 1.82) is 0 Å². The fraction of sp³-hybridized carbons (Fsp3) is 0.375. The Labute approximate surface area is 78.4 Å². The molecule has 1 aromatic heterocycles. The smallest absolute Gasteiger partial charge is 0.232 e. The second-order valence-corrected chi connectivity index (χ2v) is 2.67. The van der Waals surface area contributed by atoms with E-state index in [0.29, 0.717) is 0 Å². The van der Waals surface area contributed by atoms with Crippen LogP contribution in [0.3, 0.4) is 0 Å². The van der Waals surface area contributed by atoms with Crippen LogP contribution in [0.5, 0.6) is 0 Å². The molecule has 0 saturated carbocycles. The zero-order valence-electron chi connectivity index (χ0n) is 6.37. The minimum Gasteiger partial charge on any atom is -1.00 e. The molecule has 1 aromatic rings. The first-order valence-corrected chi connectivity index (χ1v) is 3.88. The van der Waals surface area contributed by atoms with Gasteiger partial charge in [-0.1, -0.05) is 13.0 Å². The van der Waals surface area contributed by atoms with Crippen molar-refractivity contribution in [3.63, 3.8) is 0 Å². The summed E-state index contributed by atoms with van der Waals surface area (Å²) in [5, 5.41) is 0. The number of alkyl halides is 1. The monoisotopic (exact) mass is 191 g/mol. The van der Waals surface area contributed by atoms with Crippen LogP contribution in [0, 0.1) is 0 Å². The normalized spacial score (nSPS) is 11.8. The van der Waals surface area contributed by atoms with E-state index in [4.69, 9.17) is 11.6 Å². The molecule has 3 heteroatoms. The summed E-state index contributed by atoms with van der Waals surface area (Å²) in [7, 11) is 0. The van der Waals surface area contributed by atoms with Crippen molar-refractivity contribution in [2.45, 2.75) is 18.8 Å². The lowest BCUT2D eigenvalue weighted by molar-refractivity contribution is -0.702. The van der Waals surface area contributed by atoms with Gasteiger partial charge in [-0.05, 0) is 11.6 Å². The Bertz CT molecular complexity index is 189. The first kappa shape index (κ1) is 10.7. The number of hydrogen-bond donors (Lipinski definition) is 0. The first-order chi connectivity index (χ1) is 4.84. The average Bonchev–Trinajstić information content (AvgIpc) is 2.05. The highest BCUT2D eigenvalue weighted by Gasteiger charge is 2.08. The summed E-state index contributed by atoms with van der Waals surface area (Å²) in [6.07, 6.45) is 4.90. The molecule has 0 amide bonds. The zero-order chi connectivity index (χ0) is 7.40. The number of pyridine rings is 1. The van der Waals surface area contributed by atoms with E-state index in [2.05, 4.69) is 6.92 Å². The van der Waals surface area contributed by atoms with Crippen LogP contribution >= 0.6 is 11.6 Å². The molecule has 0 saturated heterocycles. The lowest BCUT2D eigenvalue weighted by Crippen LogP contribution is -3.00. The quantitative estimate of drug-likeness (QED) is 0.423. The predicted octanol–water partition coefficient (Wildman–Crippen LogP) is -0.874. The van der Waals surface area contributed by atoms with Gasteiger partial charge in [0, 0.05) is 18.6 Å². The molecule has 1 nitrogen and oxygen atoms in total. The summed E-state index contributed by atoms with van der Waals surface area (Å²) in [6, 6.07) is 5.94. The van der Waals surface area contributed by atoms with E-state index >= 15 is 0 Å². The van der Waals surface area contributed by atoms with Crippen molar-refractivity contribution in [2.75, 3.05) is 0 Å². The number of hydrogen-bond acceptors (Lipinski definition) is 0. The van der Waals surface area contributed by atoms with Crippen LogP contribution in [0.25, 0.3) is 0 Å². The number of halogens is 2. The van der Waals surface area contributed by atoms with Crippen LogP contribution in [0.15, 0.2) is 30.6 Å². The second-order valence-electron chi connectivity index (χ2n) is 2.17. The topological polar surface area (TPSA) is 3.88 Å². The summed E-state index contributed by atoms with van der Waals surface area (Å²) in [5.41, 5.74) is 0.0983. The molecule has 11 heavy (non-hydrogen) atoms. The first-order valence-electron chi connectivity index (χ1n) is 3.44. The molecular formula is C8H11Cl2N. The van der Waals surface area contributed by atoms with E-state index in [0.717, 1.165) is 6.42 Å². The van der Waals surface area contributed by atoms with E-state index in [1.165, 1.54) is 0 Å². The Morgan fingerprint density at radius 2 is 1.82 bits per heavy atom. The Morgan fingerprint density at radius 3 is 2.27 bits per heavy atom.